The first-order valence-electron chi connectivity index (χ1n) is 9.83. The maximum atomic E-state index is 5.88. The molecular weight excluding hydrogens is 310 g/mol. The van der Waals surface area contributed by atoms with Gasteiger partial charge in [0.15, 0.2) is 0 Å². The number of hydrogen-bond acceptors (Lipinski definition) is 4. The Kier molecular flexibility index (Phi) is 8.67. The summed E-state index contributed by atoms with van der Waals surface area (Å²) >= 11 is 0. The van der Waals surface area contributed by atoms with Crippen molar-refractivity contribution in [2.45, 2.75) is 65.2 Å². The zero-order valence-corrected chi connectivity index (χ0v) is 15.8. The van der Waals surface area contributed by atoms with Gasteiger partial charge in [0.25, 0.3) is 0 Å². The second kappa shape index (κ2) is 11.0. The lowest BCUT2D eigenvalue weighted by molar-refractivity contribution is 0.0909. The van der Waals surface area contributed by atoms with Crippen LogP contribution in [0.15, 0.2) is 24.3 Å². The Morgan fingerprint density at radius 3 is 2.68 bits per heavy atom. The van der Waals surface area contributed by atoms with Crippen molar-refractivity contribution in [3.63, 3.8) is 0 Å². The summed E-state index contributed by atoms with van der Waals surface area (Å²) in [4.78, 5) is 8.73. The third kappa shape index (κ3) is 6.62. The maximum absolute atomic E-state index is 5.88. The number of para-hydroxylation sites is 1. The summed E-state index contributed by atoms with van der Waals surface area (Å²) in [5, 5.41) is 1.12. The van der Waals surface area contributed by atoms with Gasteiger partial charge in [-0.05, 0) is 37.7 Å². The van der Waals surface area contributed by atoms with Crippen molar-refractivity contribution < 1.29 is 4.74 Å². The summed E-state index contributed by atoms with van der Waals surface area (Å²) in [7, 11) is 0. The summed E-state index contributed by atoms with van der Waals surface area (Å²) in [5.41, 5.74) is 7.83. The smallest absolute Gasteiger partial charge is 0.220 e. The van der Waals surface area contributed by atoms with E-state index in [2.05, 4.69) is 29.9 Å². The number of benzene rings is 1. The van der Waals surface area contributed by atoms with Crippen LogP contribution in [0, 0.1) is 5.92 Å². The average Bonchev–Trinajstić information content (AvgIpc) is 2.63. The van der Waals surface area contributed by atoms with E-state index in [9.17, 15) is 0 Å². The Bertz CT molecular complexity index is 630. The molecule has 0 amide bonds. The Labute approximate surface area is 152 Å². The molecule has 0 spiro atoms. The van der Waals surface area contributed by atoms with E-state index in [-0.39, 0.29) is 0 Å². The van der Waals surface area contributed by atoms with Crippen molar-refractivity contribution in [2.24, 2.45) is 5.92 Å². The number of unbranched alkanes of at least 4 members (excludes halogenated alkanes) is 3. The summed E-state index contributed by atoms with van der Waals surface area (Å²) in [6.45, 7) is 6.31. The van der Waals surface area contributed by atoms with Gasteiger partial charge in [0.1, 0.15) is 0 Å². The number of nitrogens with zero attached hydrogens (tertiary/aromatic N) is 2. The molecule has 4 nitrogen and oxygen atoms in total. The lowest BCUT2D eigenvalue weighted by atomic mass is 10.0. The van der Waals surface area contributed by atoms with Gasteiger partial charge in [-0.25, -0.2) is 9.97 Å². The van der Waals surface area contributed by atoms with E-state index in [1.807, 2.05) is 18.2 Å². The summed E-state index contributed by atoms with van der Waals surface area (Å²) in [6.07, 6.45) is 9.44. The first-order chi connectivity index (χ1) is 12.2. The predicted octanol–water partition coefficient (Wildman–Crippen LogP) is 5.16. The molecule has 0 saturated heterocycles. The van der Waals surface area contributed by atoms with Crippen LogP contribution >= 0.6 is 0 Å². The third-order valence-corrected chi connectivity index (χ3v) is 4.80. The van der Waals surface area contributed by atoms with Crippen molar-refractivity contribution in [2.75, 3.05) is 18.9 Å². The molecular formula is C21H33N3O. The van der Waals surface area contributed by atoms with Crippen LogP contribution in [-0.4, -0.2) is 23.2 Å². The van der Waals surface area contributed by atoms with E-state index in [0.29, 0.717) is 5.95 Å². The molecule has 2 aromatic rings. The highest BCUT2D eigenvalue weighted by Gasteiger charge is 2.07. The number of nitrogens with two attached hydrogens (primary N) is 1. The van der Waals surface area contributed by atoms with E-state index in [0.717, 1.165) is 61.4 Å². The average molecular weight is 344 g/mol. The fraction of sp³-hybridized carbons (Fsp3) is 0.619. The zero-order chi connectivity index (χ0) is 17.9. The highest BCUT2D eigenvalue weighted by Crippen LogP contribution is 2.18. The summed E-state index contributed by atoms with van der Waals surface area (Å²) in [5.74, 6) is 1.10. The van der Waals surface area contributed by atoms with Crippen molar-refractivity contribution in [1.29, 1.82) is 0 Å². The fourth-order valence-electron chi connectivity index (χ4n) is 3.17. The van der Waals surface area contributed by atoms with Crippen LogP contribution in [0.3, 0.4) is 0 Å². The molecule has 0 aliphatic carbocycles. The Hall–Kier alpha value is -1.68. The number of fused-ring (bicyclic) bond motifs is 1. The molecule has 4 heteroatoms. The lowest BCUT2D eigenvalue weighted by Gasteiger charge is -2.14. The molecule has 2 rings (SSSR count). The van der Waals surface area contributed by atoms with E-state index in [1.54, 1.807) is 0 Å². The summed E-state index contributed by atoms with van der Waals surface area (Å²) < 4.78 is 5.88. The lowest BCUT2D eigenvalue weighted by Crippen LogP contribution is -2.09. The molecule has 1 aromatic carbocycles. The Morgan fingerprint density at radius 1 is 1.04 bits per heavy atom. The highest BCUT2D eigenvalue weighted by atomic mass is 16.5. The number of rotatable bonds is 12. The molecule has 1 heterocycles. The molecule has 25 heavy (non-hydrogen) atoms. The standard InChI is InChI=1S/C21H33N3O/c1-3-5-11-17(4-2)16-25-15-10-6-7-13-19-18-12-8-9-14-20(18)24-21(22)23-19/h8-9,12,14,17H,3-7,10-11,13,15-16H2,1-2H3,(H2,22,23,24). The predicted molar refractivity (Wildman–Crippen MR) is 106 cm³/mol. The minimum Gasteiger partial charge on any atom is -0.381 e. The van der Waals surface area contributed by atoms with E-state index in [1.165, 1.54) is 25.7 Å². The molecule has 0 fully saturated rings. The molecule has 0 aliphatic heterocycles. The van der Waals surface area contributed by atoms with Crippen LogP contribution in [-0.2, 0) is 11.2 Å². The van der Waals surface area contributed by atoms with Gasteiger partial charge in [-0.2, -0.15) is 0 Å². The van der Waals surface area contributed by atoms with Crippen LogP contribution in [0.5, 0.6) is 0 Å². The maximum Gasteiger partial charge on any atom is 0.220 e. The number of aryl methyl sites for hydroxylation is 1. The second-order valence-electron chi connectivity index (χ2n) is 6.85. The Balaban J connectivity index is 1.67. The minimum absolute atomic E-state index is 0.370. The monoisotopic (exact) mass is 343 g/mol. The quantitative estimate of drug-likeness (QED) is 0.541. The molecule has 0 bridgehead atoms. The van der Waals surface area contributed by atoms with Gasteiger partial charge >= 0.3 is 0 Å². The van der Waals surface area contributed by atoms with Crippen LogP contribution in [0.2, 0.25) is 0 Å². The highest BCUT2D eigenvalue weighted by molar-refractivity contribution is 5.81. The molecule has 1 unspecified atom stereocenters. The van der Waals surface area contributed by atoms with Crippen LogP contribution in [0.25, 0.3) is 10.9 Å². The number of anilines is 1. The first-order valence-corrected chi connectivity index (χ1v) is 9.83. The van der Waals surface area contributed by atoms with Crippen molar-refractivity contribution in [3.8, 4) is 0 Å². The van der Waals surface area contributed by atoms with Crippen molar-refractivity contribution in [1.82, 2.24) is 9.97 Å². The zero-order valence-electron chi connectivity index (χ0n) is 15.8. The molecule has 2 N–H and O–H groups in total. The minimum atomic E-state index is 0.370. The SMILES string of the molecule is CCCCC(CC)COCCCCCc1nc(N)nc2ccccc12. The third-order valence-electron chi connectivity index (χ3n) is 4.80. The number of hydrogen-bond donors (Lipinski definition) is 1. The molecule has 0 aliphatic rings. The fourth-order valence-corrected chi connectivity index (χ4v) is 3.17. The molecule has 0 saturated carbocycles. The normalized spacial score (nSPS) is 12.6. The van der Waals surface area contributed by atoms with Gasteiger partial charge in [-0.3, -0.25) is 0 Å². The Morgan fingerprint density at radius 2 is 1.88 bits per heavy atom. The van der Waals surface area contributed by atoms with Crippen molar-refractivity contribution in [3.05, 3.63) is 30.0 Å². The topological polar surface area (TPSA) is 61.0 Å². The van der Waals surface area contributed by atoms with E-state index < -0.39 is 0 Å². The largest absolute Gasteiger partial charge is 0.381 e. The number of ether oxygens (including phenoxy) is 1. The van der Waals surface area contributed by atoms with Gasteiger partial charge in [-0.15, -0.1) is 0 Å². The second-order valence-corrected chi connectivity index (χ2v) is 6.85. The van der Waals surface area contributed by atoms with Crippen LogP contribution in [0.4, 0.5) is 5.95 Å². The number of aromatic nitrogens is 2. The van der Waals surface area contributed by atoms with Gasteiger partial charge in [0.05, 0.1) is 11.2 Å². The van der Waals surface area contributed by atoms with Gasteiger partial charge in [0, 0.05) is 18.6 Å². The van der Waals surface area contributed by atoms with Gasteiger partial charge in [0.2, 0.25) is 5.95 Å². The van der Waals surface area contributed by atoms with Crippen molar-refractivity contribution >= 4 is 16.9 Å². The molecule has 0 radical (unpaired) electrons. The first kappa shape index (κ1) is 19.6. The van der Waals surface area contributed by atoms with E-state index in [4.69, 9.17) is 10.5 Å². The molecule has 138 valence electrons. The molecule has 1 aromatic heterocycles. The van der Waals surface area contributed by atoms with Crippen LogP contribution in [0.1, 0.15) is 64.5 Å². The van der Waals surface area contributed by atoms with Crippen LogP contribution < -0.4 is 5.73 Å². The van der Waals surface area contributed by atoms with E-state index >= 15 is 0 Å². The summed E-state index contributed by atoms with van der Waals surface area (Å²) in [6, 6.07) is 8.09. The number of nitrogen functional groups attached to an aromatic ring is 1. The van der Waals surface area contributed by atoms with Gasteiger partial charge < -0.3 is 10.5 Å². The van der Waals surface area contributed by atoms with Gasteiger partial charge in [-0.1, -0.05) is 57.7 Å². The molecule has 1 atom stereocenters.